The molecular weight excluding hydrogens is 530 g/mol. The molecule has 0 saturated heterocycles. The van der Waals surface area contributed by atoms with Gasteiger partial charge in [-0.15, -0.1) is 11.8 Å². The summed E-state index contributed by atoms with van der Waals surface area (Å²) < 4.78 is 0. The third-order valence-electron chi connectivity index (χ3n) is 6.38. The Morgan fingerprint density at radius 1 is 0.805 bits per heavy atom. The number of carbonyl (C=O) groups excluding carboxylic acids is 3. The van der Waals surface area contributed by atoms with Crippen molar-refractivity contribution in [1.82, 2.24) is 5.32 Å². The molecule has 0 fully saturated rings. The van der Waals surface area contributed by atoms with Crippen LogP contribution >= 0.6 is 11.8 Å². The number of rotatable bonds is 10. The van der Waals surface area contributed by atoms with Crippen LogP contribution in [-0.2, 0) is 16.0 Å². The van der Waals surface area contributed by atoms with Gasteiger partial charge >= 0.3 is 0 Å². The summed E-state index contributed by atoms with van der Waals surface area (Å²) in [7, 11) is 0. The first-order chi connectivity index (χ1) is 19.8. The summed E-state index contributed by atoms with van der Waals surface area (Å²) in [5, 5.41) is 8.69. The number of carbonyl (C=O) groups is 3. The van der Waals surface area contributed by atoms with Crippen LogP contribution in [0.15, 0.2) is 108 Å². The summed E-state index contributed by atoms with van der Waals surface area (Å²) in [5.74, 6) is -0.711. The van der Waals surface area contributed by atoms with Crippen molar-refractivity contribution < 1.29 is 14.4 Å². The van der Waals surface area contributed by atoms with Crippen LogP contribution in [0, 0.1) is 13.8 Å². The molecule has 0 unspecified atom stereocenters. The van der Waals surface area contributed by atoms with E-state index in [1.54, 1.807) is 36.4 Å². The van der Waals surface area contributed by atoms with Crippen LogP contribution in [-0.4, -0.2) is 23.5 Å². The maximum Gasteiger partial charge on any atom is 0.272 e. The first-order valence-corrected chi connectivity index (χ1v) is 14.4. The van der Waals surface area contributed by atoms with E-state index in [2.05, 4.69) is 22.9 Å². The molecule has 3 N–H and O–H groups in total. The van der Waals surface area contributed by atoms with E-state index in [0.29, 0.717) is 11.3 Å². The van der Waals surface area contributed by atoms with Crippen LogP contribution in [0.1, 0.15) is 39.5 Å². The molecule has 208 valence electrons. The van der Waals surface area contributed by atoms with Gasteiger partial charge in [0.2, 0.25) is 5.91 Å². The number of amides is 3. The molecule has 0 atom stereocenters. The fourth-order valence-corrected chi connectivity index (χ4v) is 4.92. The van der Waals surface area contributed by atoms with Gasteiger partial charge < -0.3 is 16.0 Å². The van der Waals surface area contributed by atoms with E-state index in [0.717, 1.165) is 39.3 Å². The largest absolute Gasteiger partial charge is 0.325 e. The predicted octanol–water partition coefficient (Wildman–Crippen LogP) is 7.01. The van der Waals surface area contributed by atoms with Crippen LogP contribution < -0.4 is 16.0 Å². The molecule has 0 spiro atoms. The maximum atomic E-state index is 13.4. The Labute approximate surface area is 245 Å². The zero-order valence-electron chi connectivity index (χ0n) is 23.4. The van der Waals surface area contributed by atoms with Crippen molar-refractivity contribution in [1.29, 1.82) is 0 Å². The van der Waals surface area contributed by atoms with E-state index in [1.807, 2.05) is 80.6 Å². The van der Waals surface area contributed by atoms with Gasteiger partial charge in [-0.25, -0.2) is 0 Å². The maximum absolute atomic E-state index is 13.4. The lowest BCUT2D eigenvalue weighted by atomic mass is 10.1. The van der Waals surface area contributed by atoms with Crippen LogP contribution in [0.3, 0.4) is 0 Å². The highest BCUT2D eigenvalue weighted by Gasteiger charge is 2.16. The number of anilines is 2. The highest BCUT2D eigenvalue weighted by atomic mass is 32.2. The minimum atomic E-state index is -0.457. The zero-order valence-corrected chi connectivity index (χ0v) is 24.2. The number of benzene rings is 4. The fourth-order valence-electron chi connectivity index (χ4n) is 4.16. The lowest BCUT2D eigenvalue weighted by Gasteiger charge is -2.13. The van der Waals surface area contributed by atoms with Crippen molar-refractivity contribution in [3.8, 4) is 0 Å². The molecule has 0 bridgehead atoms. The molecule has 41 heavy (non-hydrogen) atoms. The van der Waals surface area contributed by atoms with Crippen molar-refractivity contribution in [3.05, 3.63) is 131 Å². The molecule has 6 nitrogen and oxygen atoms in total. The second kappa shape index (κ2) is 14.1. The molecule has 3 amide bonds. The molecule has 4 aromatic carbocycles. The summed E-state index contributed by atoms with van der Waals surface area (Å²) in [5.41, 5.74) is 5.98. The van der Waals surface area contributed by atoms with Crippen LogP contribution in [0.25, 0.3) is 6.08 Å². The van der Waals surface area contributed by atoms with Crippen molar-refractivity contribution in [2.75, 3.05) is 16.4 Å². The van der Waals surface area contributed by atoms with E-state index >= 15 is 0 Å². The first-order valence-electron chi connectivity index (χ1n) is 13.4. The Hall–Kier alpha value is -4.62. The van der Waals surface area contributed by atoms with E-state index in [4.69, 9.17) is 0 Å². The van der Waals surface area contributed by atoms with Gasteiger partial charge in [0.1, 0.15) is 5.70 Å². The molecule has 0 aliphatic heterocycles. The minimum Gasteiger partial charge on any atom is -0.325 e. The SMILES string of the molecule is CCc1cccc(C)c1NC(=O)CSc1cccc(NC(=O)/C(=C\c2ccc(C)cc2)NC(=O)c2ccccc2)c1. The molecule has 7 heteroatoms. The van der Waals surface area contributed by atoms with E-state index < -0.39 is 5.91 Å². The third-order valence-corrected chi connectivity index (χ3v) is 7.38. The zero-order chi connectivity index (χ0) is 29.2. The van der Waals surface area contributed by atoms with E-state index in [9.17, 15) is 14.4 Å². The van der Waals surface area contributed by atoms with Gasteiger partial charge in [0.05, 0.1) is 5.75 Å². The Morgan fingerprint density at radius 2 is 1.54 bits per heavy atom. The standard InChI is InChI=1S/C34H33N3O3S/c1-4-26-13-8-10-24(3)32(26)37-31(38)22-41-29-15-9-14-28(21-29)35-34(40)30(20-25-18-16-23(2)17-19-25)36-33(39)27-11-6-5-7-12-27/h5-21H,4,22H2,1-3H3,(H,35,40)(H,36,39)(H,37,38)/b30-20+. The number of hydrogen-bond donors (Lipinski definition) is 3. The Bertz CT molecular complexity index is 1560. The molecule has 0 aliphatic rings. The molecule has 0 saturated carbocycles. The highest BCUT2D eigenvalue weighted by Crippen LogP contribution is 2.25. The predicted molar refractivity (Wildman–Crippen MR) is 168 cm³/mol. The molecule has 4 aromatic rings. The minimum absolute atomic E-state index is 0.0969. The van der Waals surface area contributed by atoms with Crippen molar-refractivity contribution in [2.24, 2.45) is 0 Å². The number of aryl methyl sites for hydroxylation is 3. The number of para-hydroxylation sites is 1. The second-order valence-corrected chi connectivity index (χ2v) is 10.6. The number of hydrogen-bond acceptors (Lipinski definition) is 4. The molecule has 0 aliphatic carbocycles. The average molecular weight is 564 g/mol. The fraction of sp³-hybridized carbons (Fsp3) is 0.147. The Morgan fingerprint density at radius 3 is 2.27 bits per heavy atom. The lowest BCUT2D eigenvalue weighted by Crippen LogP contribution is -2.30. The van der Waals surface area contributed by atoms with E-state index in [-0.39, 0.29) is 23.3 Å². The number of nitrogens with one attached hydrogen (secondary N) is 3. The summed E-state index contributed by atoms with van der Waals surface area (Å²) in [6.07, 6.45) is 2.48. The normalized spacial score (nSPS) is 11.0. The van der Waals surface area contributed by atoms with Crippen LogP contribution in [0.4, 0.5) is 11.4 Å². The molecule has 0 heterocycles. The Balaban J connectivity index is 1.45. The average Bonchev–Trinajstić information content (AvgIpc) is 2.98. The van der Waals surface area contributed by atoms with Crippen molar-refractivity contribution >= 4 is 46.9 Å². The molecule has 0 aromatic heterocycles. The van der Waals surface area contributed by atoms with Gasteiger partial charge in [-0.3, -0.25) is 14.4 Å². The summed E-state index contributed by atoms with van der Waals surface area (Å²) in [6, 6.07) is 29.7. The van der Waals surface area contributed by atoms with Gasteiger partial charge in [0.25, 0.3) is 11.8 Å². The molecular formula is C34H33N3O3S. The van der Waals surface area contributed by atoms with Gasteiger partial charge in [-0.1, -0.05) is 79.2 Å². The van der Waals surface area contributed by atoms with E-state index in [1.165, 1.54) is 11.8 Å². The van der Waals surface area contributed by atoms with Crippen molar-refractivity contribution in [3.63, 3.8) is 0 Å². The van der Waals surface area contributed by atoms with Crippen molar-refractivity contribution in [2.45, 2.75) is 32.1 Å². The summed E-state index contributed by atoms with van der Waals surface area (Å²) in [6.45, 7) is 6.03. The first kappa shape index (κ1) is 29.4. The number of thioether (sulfide) groups is 1. The van der Waals surface area contributed by atoms with Gasteiger partial charge in [0, 0.05) is 21.8 Å². The molecule has 0 radical (unpaired) electrons. The van der Waals surface area contributed by atoms with Gasteiger partial charge in [0.15, 0.2) is 0 Å². The van der Waals surface area contributed by atoms with Gasteiger partial charge in [-0.2, -0.15) is 0 Å². The Kier molecular flexibility index (Phi) is 10.1. The summed E-state index contributed by atoms with van der Waals surface area (Å²) in [4.78, 5) is 39.8. The third kappa shape index (κ3) is 8.43. The topological polar surface area (TPSA) is 87.3 Å². The van der Waals surface area contributed by atoms with Crippen LogP contribution in [0.5, 0.6) is 0 Å². The highest BCUT2D eigenvalue weighted by molar-refractivity contribution is 8.00. The molecule has 4 rings (SSSR count). The second-order valence-electron chi connectivity index (χ2n) is 9.57. The quantitative estimate of drug-likeness (QED) is 0.143. The lowest BCUT2D eigenvalue weighted by molar-refractivity contribution is -0.114. The summed E-state index contributed by atoms with van der Waals surface area (Å²) >= 11 is 1.38. The van der Waals surface area contributed by atoms with Gasteiger partial charge in [-0.05, 0) is 73.4 Å². The van der Waals surface area contributed by atoms with Crippen LogP contribution in [0.2, 0.25) is 0 Å². The smallest absolute Gasteiger partial charge is 0.272 e. The monoisotopic (exact) mass is 563 g/mol.